The van der Waals surface area contributed by atoms with Gasteiger partial charge in [0, 0.05) is 5.56 Å². The summed E-state index contributed by atoms with van der Waals surface area (Å²) >= 11 is 1.81. The Bertz CT molecular complexity index is 1050. The van der Waals surface area contributed by atoms with Crippen LogP contribution in [0.25, 0.3) is 27.8 Å². The first-order valence-corrected chi connectivity index (χ1v) is 8.64. The lowest BCUT2D eigenvalue weighted by atomic mass is 10.1. The summed E-state index contributed by atoms with van der Waals surface area (Å²) in [7, 11) is 0. The van der Waals surface area contributed by atoms with Crippen LogP contribution in [-0.2, 0) is 6.42 Å². The largest absolute Gasteiger partial charge is 0.286 e. The van der Waals surface area contributed by atoms with E-state index in [0.29, 0.717) is 0 Å². The Hall–Kier alpha value is -2.26. The summed E-state index contributed by atoms with van der Waals surface area (Å²) in [6.07, 6.45) is 3.17. The first-order valence-electron chi connectivity index (χ1n) is 7.42. The number of fused-ring (bicyclic) bond motifs is 6. The summed E-state index contributed by atoms with van der Waals surface area (Å²) in [6.45, 7) is 0. The number of benzene rings is 2. The molecular formula is C19H14N2S. The predicted molar refractivity (Wildman–Crippen MR) is 92.7 cm³/mol. The standard InChI is InChI=1S/C19H14N2S/c1-22-19-18-13(10-12-6-2-3-7-14(12)18)11-17-20-15-8-4-5-9-16(15)21(17)19/h2-9,11H,10H2,1H3. The quantitative estimate of drug-likeness (QED) is 0.415. The average Bonchev–Trinajstić information content (AvgIpc) is 3.10. The second-order valence-electron chi connectivity index (χ2n) is 5.68. The van der Waals surface area contributed by atoms with Gasteiger partial charge in [-0.3, -0.25) is 4.40 Å². The second-order valence-corrected chi connectivity index (χ2v) is 6.48. The highest BCUT2D eigenvalue weighted by Crippen LogP contribution is 2.43. The normalized spacial score (nSPS) is 12.8. The van der Waals surface area contributed by atoms with Crippen molar-refractivity contribution in [3.05, 3.63) is 65.7 Å². The predicted octanol–water partition coefficient (Wildman–Crippen LogP) is 4.78. The zero-order valence-electron chi connectivity index (χ0n) is 12.2. The molecule has 22 heavy (non-hydrogen) atoms. The molecule has 0 radical (unpaired) electrons. The van der Waals surface area contributed by atoms with Crippen molar-refractivity contribution in [1.82, 2.24) is 9.38 Å². The third-order valence-electron chi connectivity index (χ3n) is 4.49. The molecule has 106 valence electrons. The maximum absolute atomic E-state index is 4.81. The highest BCUT2D eigenvalue weighted by atomic mass is 32.2. The van der Waals surface area contributed by atoms with Crippen molar-refractivity contribution in [2.75, 3.05) is 6.26 Å². The Morgan fingerprint density at radius 2 is 1.82 bits per heavy atom. The zero-order chi connectivity index (χ0) is 14.7. The first-order chi connectivity index (χ1) is 10.9. The van der Waals surface area contributed by atoms with Gasteiger partial charge in [0.2, 0.25) is 0 Å². The van der Waals surface area contributed by atoms with Crippen molar-refractivity contribution in [3.63, 3.8) is 0 Å². The molecule has 1 aliphatic carbocycles. The van der Waals surface area contributed by atoms with Crippen LogP contribution in [0.5, 0.6) is 0 Å². The van der Waals surface area contributed by atoms with Gasteiger partial charge < -0.3 is 0 Å². The monoisotopic (exact) mass is 302 g/mol. The number of nitrogens with zero attached hydrogens (tertiary/aromatic N) is 2. The summed E-state index contributed by atoms with van der Waals surface area (Å²) in [6, 6.07) is 19.4. The molecule has 2 aromatic heterocycles. The maximum atomic E-state index is 4.81. The molecule has 0 atom stereocenters. The number of pyridine rings is 1. The van der Waals surface area contributed by atoms with Crippen LogP contribution < -0.4 is 0 Å². The SMILES string of the molecule is CSc1c2c(cc3nc4ccccc4n13)Cc1ccccc1-2. The molecule has 5 rings (SSSR count). The topological polar surface area (TPSA) is 17.3 Å². The van der Waals surface area contributed by atoms with Gasteiger partial charge in [0.1, 0.15) is 5.65 Å². The van der Waals surface area contributed by atoms with Crippen LogP contribution in [0.4, 0.5) is 0 Å². The molecule has 4 aromatic rings. The van der Waals surface area contributed by atoms with E-state index in [-0.39, 0.29) is 0 Å². The molecule has 2 heterocycles. The van der Waals surface area contributed by atoms with Gasteiger partial charge in [-0.2, -0.15) is 0 Å². The fraction of sp³-hybridized carbons (Fsp3) is 0.105. The van der Waals surface area contributed by atoms with Crippen molar-refractivity contribution >= 4 is 28.4 Å². The van der Waals surface area contributed by atoms with E-state index in [4.69, 9.17) is 4.98 Å². The lowest BCUT2D eigenvalue weighted by Gasteiger charge is -2.11. The van der Waals surface area contributed by atoms with E-state index in [1.807, 2.05) is 11.8 Å². The summed E-state index contributed by atoms with van der Waals surface area (Å²) in [5, 5.41) is 1.30. The Morgan fingerprint density at radius 3 is 2.73 bits per heavy atom. The van der Waals surface area contributed by atoms with E-state index in [0.717, 1.165) is 17.6 Å². The summed E-state index contributed by atoms with van der Waals surface area (Å²) in [4.78, 5) is 4.81. The van der Waals surface area contributed by atoms with Crippen molar-refractivity contribution in [3.8, 4) is 11.1 Å². The number of para-hydroxylation sites is 2. The van der Waals surface area contributed by atoms with Gasteiger partial charge in [-0.15, -0.1) is 11.8 Å². The molecule has 0 saturated heterocycles. The van der Waals surface area contributed by atoms with E-state index in [1.165, 1.54) is 32.8 Å². The average molecular weight is 302 g/mol. The molecule has 0 amide bonds. The van der Waals surface area contributed by atoms with Gasteiger partial charge >= 0.3 is 0 Å². The van der Waals surface area contributed by atoms with Crippen LogP contribution in [0.3, 0.4) is 0 Å². The van der Waals surface area contributed by atoms with Crippen LogP contribution in [0.15, 0.2) is 59.6 Å². The third kappa shape index (κ3) is 1.49. The Kier molecular flexibility index (Phi) is 2.44. The van der Waals surface area contributed by atoms with Crippen molar-refractivity contribution < 1.29 is 0 Å². The van der Waals surface area contributed by atoms with Gasteiger partial charge in [0.15, 0.2) is 0 Å². The van der Waals surface area contributed by atoms with Crippen LogP contribution >= 0.6 is 11.8 Å². The van der Waals surface area contributed by atoms with E-state index in [1.54, 1.807) is 0 Å². The van der Waals surface area contributed by atoms with E-state index in [9.17, 15) is 0 Å². The smallest absolute Gasteiger partial charge is 0.139 e. The summed E-state index contributed by atoms with van der Waals surface area (Å²) in [5.41, 5.74) is 8.89. The molecule has 0 N–H and O–H groups in total. The molecule has 3 heteroatoms. The van der Waals surface area contributed by atoms with Gasteiger partial charge in [-0.1, -0.05) is 36.4 Å². The van der Waals surface area contributed by atoms with Crippen molar-refractivity contribution in [2.24, 2.45) is 0 Å². The number of aromatic nitrogens is 2. The molecule has 0 unspecified atom stereocenters. The van der Waals surface area contributed by atoms with E-state index < -0.39 is 0 Å². The minimum Gasteiger partial charge on any atom is -0.286 e. The Labute approximate surface area is 132 Å². The minimum atomic E-state index is 1.01. The number of imidazole rings is 1. The van der Waals surface area contributed by atoms with Gasteiger partial charge in [-0.05, 0) is 47.6 Å². The number of hydrogen-bond donors (Lipinski definition) is 0. The number of rotatable bonds is 1. The fourth-order valence-corrected chi connectivity index (χ4v) is 4.40. The summed E-state index contributed by atoms with van der Waals surface area (Å²) < 4.78 is 2.31. The Balaban J connectivity index is 1.98. The first kappa shape index (κ1) is 12.3. The van der Waals surface area contributed by atoms with Crippen LogP contribution in [-0.4, -0.2) is 15.6 Å². The van der Waals surface area contributed by atoms with Gasteiger partial charge in [0.05, 0.1) is 16.1 Å². The molecular weight excluding hydrogens is 288 g/mol. The molecule has 2 aromatic carbocycles. The highest BCUT2D eigenvalue weighted by Gasteiger charge is 2.24. The molecule has 1 aliphatic rings. The minimum absolute atomic E-state index is 1.01. The molecule has 0 spiro atoms. The molecule has 0 saturated carbocycles. The lowest BCUT2D eigenvalue weighted by molar-refractivity contribution is 1.06. The van der Waals surface area contributed by atoms with E-state index >= 15 is 0 Å². The number of thioether (sulfide) groups is 1. The van der Waals surface area contributed by atoms with Crippen molar-refractivity contribution in [1.29, 1.82) is 0 Å². The summed E-state index contributed by atoms with van der Waals surface area (Å²) in [5.74, 6) is 0. The molecule has 2 nitrogen and oxygen atoms in total. The van der Waals surface area contributed by atoms with Gasteiger partial charge in [0.25, 0.3) is 0 Å². The second kappa shape index (κ2) is 4.37. The maximum Gasteiger partial charge on any atom is 0.139 e. The highest BCUT2D eigenvalue weighted by molar-refractivity contribution is 7.98. The van der Waals surface area contributed by atoms with Crippen LogP contribution in [0, 0.1) is 0 Å². The number of hydrogen-bond acceptors (Lipinski definition) is 2. The molecule has 0 aliphatic heterocycles. The van der Waals surface area contributed by atoms with E-state index in [2.05, 4.69) is 65.3 Å². The lowest BCUT2D eigenvalue weighted by Crippen LogP contribution is -1.95. The molecule has 0 bridgehead atoms. The van der Waals surface area contributed by atoms with Crippen LogP contribution in [0.1, 0.15) is 11.1 Å². The van der Waals surface area contributed by atoms with Crippen LogP contribution in [0.2, 0.25) is 0 Å². The van der Waals surface area contributed by atoms with Crippen molar-refractivity contribution in [2.45, 2.75) is 11.4 Å². The fourth-order valence-electron chi connectivity index (χ4n) is 3.58. The third-order valence-corrected chi connectivity index (χ3v) is 5.26. The Morgan fingerprint density at radius 1 is 1.00 bits per heavy atom. The molecule has 0 fully saturated rings. The van der Waals surface area contributed by atoms with Gasteiger partial charge in [-0.25, -0.2) is 4.98 Å². The zero-order valence-corrected chi connectivity index (χ0v) is 13.0.